The zero-order chi connectivity index (χ0) is 20.6. The Hall–Kier alpha value is -3.23. The second kappa shape index (κ2) is 7.41. The molecule has 4 nitrogen and oxygen atoms in total. The van der Waals surface area contributed by atoms with Crippen molar-refractivity contribution in [1.29, 1.82) is 0 Å². The van der Waals surface area contributed by atoms with Crippen LogP contribution in [0.2, 0.25) is 0 Å². The molecule has 0 saturated carbocycles. The predicted octanol–water partition coefficient (Wildman–Crippen LogP) is 4.35. The molecule has 0 fully saturated rings. The van der Waals surface area contributed by atoms with Gasteiger partial charge in [0.1, 0.15) is 5.82 Å². The molecule has 146 valence electrons. The zero-order valence-electron chi connectivity index (χ0n) is 14.8. The highest BCUT2D eigenvalue weighted by Gasteiger charge is 2.15. The van der Waals surface area contributed by atoms with Crippen molar-refractivity contribution in [2.24, 2.45) is 0 Å². The van der Waals surface area contributed by atoms with Gasteiger partial charge in [-0.3, -0.25) is 4.79 Å². The molecule has 0 unspecified atom stereocenters. The monoisotopic (exact) mass is 395 g/mol. The van der Waals surface area contributed by atoms with Gasteiger partial charge in [-0.2, -0.15) is 9.37 Å². The topological polar surface area (TPSA) is 46.9 Å². The second-order valence-electron chi connectivity index (χ2n) is 6.26. The summed E-state index contributed by atoms with van der Waals surface area (Å²) in [6, 6.07) is 4.24. The third kappa shape index (κ3) is 3.88. The number of aromatic nitrogens is 2. The highest BCUT2D eigenvalue weighted by molar-refractivity contribution is 5.59. The maximum atomic E-state index is 13.9. The van der Waals surface area contributed by atoms with Gasteiger partial charge < -0.3 is 9.88 Å². The number of aryl methyl sites for hydroxylation is 2. The summed E-state index contributed by atoms with van der Waals surface area (Å²) in [4.78, 5) is 15.2. The van der Waals surface area contributed by atoms with Gasteiger partial charge in [0.2, 0.25) is 11.8 Å². The van der Waals surface area contributed by atoms with E-state index in [0.717, 1.165) is 22.9 Å². The molecule has 0 spiro atoms. The molecule has 1 N–H and O–H groups in total. The van der Waals surface area contributed by atoms with E-state index in [1.54, 1.807) is 19.9 Å². The van der Waals surface area contributed by atoms with Gasteiger partial charge in [0, 0.05) is 11.9 Å². The number of nitrogens with zero attached hydrogens (tertiary/aromatic N) is 2. The lowest BCUT2D eigenvalue weighted by molar-refractivity contribution is 0.444. The summed E-state index contributed by atoms with van der Waals surface area (Å²) in [6.07, 6.45) is 0.788. The summed E-state index contributed by atoms with van der Waals surface area (Å²) >= 11 is 0. The molecule has 0 aliphatic rings. The van der Waals surface area contributed by atoms with E-state index in [9.17, 15) is 26.7 Å². The fourth-order valence-corrected chi connectivity index (χ4v) is 2.66. The number of nitrogens with one attached hydrogen (secondary N) is 1. The van der Waals surface area contributed by atoms with Gasteiger partial charge >= 0.3 is 5.56 Å². The van der Waals surface area contributed by atoms with E-state index in [4.69, 9.17) is 0 Å². The Kier molecular flexibility index (Phi) is 5.17. The summed E-state index contributed by atoms with van der Waals surface area (Å²) in [5.74, 6) is -6.32. The molecule has 0 aliphatic heterocycles. The Balaban J connectivity index is 2.04. The lowest BCUT2D eigenvalue weighted by atomic mass is 10.1. The molecule has 3 rings (SSSR count). The molecule has 1 aromatic heterocycles. The first-order valence-electron chi connectivity index (χ1n) is 8.10. The smallest absolute Gasteiger partial charge is 0.310 e. The minimum Gasteiger partial charge on any atom is -0.325 e. The van der Waals surface area contributed by atoms with E-state index in [1.165, 1.54) is 6.07 Å². The third-order valence-corrected chi connectivity index (χ3v) is 4.10. The van der Waals surface area contributed by atoms with Crippen LogP contribution in [0, 0.1) is 42.9 Å². The summed E-state index contributed by atoms with van der Waals surface area (Å²) < 4.78 is 68.7. The number of rotatable bonds is 4. The van der Waals surface area contributed by atoms with Crippen LogP contribution in [-0.4, -0.2) is 9.55 Å². The van der Waals surface area contributed by atoms with E-state index in [0.29, 0.717) is 11.1 Å². The van der Waals surface area contributed by atoms with Gasteiger partial charge in [0.25, 0.3) is 0 Å². The van der Waals surface area contributed by atoms with Crippen LogP contribution in [0.5, 0.6) is 0 Å². The largest absolute Gasteiger partial charge is 0.325 e. The van der Waals surface area contributed by atoms with Crippen molar-refractivity contribution in [1.82, 2.24) is 9.55 Å². The first-order chi connectivity index (χ1) is 13.2. The first kappa shape index (κ1) is 19.5. The van der Waals surface area contributed by atoms with Crippen molar-refractivity contribution in [2.75, 3.05) is 5.32 Å². The van der Waals surface area contributed by atoms with E-state index >= 15 is 0 Å². The maximum absolute atomic E-state index is 13.9. The minimum atomic E-state index is -1.63. The van der Waals surface area contributed by atoms with E-state index in [1.807, 2.05) is 0 Å². The maximum Gasteiger partial charge on any atom is 0.310 e. The third-order valence-electron chi connectivity index (χ3n) is 4.10. The molecule has 1 heterocycles. The van der Waals surface area contributed by atoms with Crippen LogP contribution >= 0.6 is 0 Å². The van der Waals surface area contributed by atoms with E-state index < -0.39 is 34.6 Å². The minimum absolute atomic E-state index is 0.0314. The molecule has 2 aromatic carbocycles. The second-order valence-corrected chi connectivity index (χ2v) is 6.26. The number of anilines is 2. The fourth-order valence-electron chi connectivity index (χ4n) is 2.66. The lowest BCUT2D eigenvalue weighted by Crippen LogP contribution is -2.20. The Morgan fingerprint density at radius 1 is 0.893 bits per heavy atom. The Labute approximate surface area is 156 Å². The molecule has 0 bridgehead atoms. The normalized spacial score (nSPS) is 11.0. The molecule has 9 heteroatoms. The quantitative estimate of drug-likeness (QED) is 0.528. The van der Waals surface area contributed by atoms with E-state index in [2.05, 4.69) is 10.3 Å². The molecular weight excluding hydrogens is 381 g/mol. The highest BCUT2D eigenvalue weighted by atomic mass is 19.2. The number of hydrogen-bond donors (Lipinski definition) is 1. The first-order valence-corrected chi connectivity index (χ1v) is 8.10. The van der Waals surface area contributed by atoms with Crippen LogP contribution in [-0.2, 0) is 6.54 Å². The van der Waals surface area contributed by atoms with Crippen molar-refractivity contribution in [2.45, 2.75) is 20.4 Å². The van der Waals surface area contributed by atoms with Crippen LogP contribution in [0.4, 0.5) is 33.6 Å². The molecule has 0 atom stereocenters. The summed E-state index contributed by atoms with van der Waals surface area (Å²) in [6.45, 7) is 2.94. The molecule has 0 aliphatic carbocycles. The van der Waals surface area contributed by atoms with Crippen LogP contribution in [0.3, 0.4) is 0 Å². The Bertz CT molecular complexity index is 1100. The molecule has 0 amide bonds. The van der Waals surface area contributed by atoms with Crippen molar-refractivity contribution in [3.8, 4) is 0 Å². The Morgan fingerprint density at radius 3 is 2.18 bits per heavy atom. The van der Waals surface area contributed by atoms with Crippen LogP contribution < -0.4 is 10.9 Å². The summed E-state index contributed by atoms with van der Waals surface area (Å²) in [5.41, 5.74) is 0.107. The molecular formula is C19H14F5N3O. The SMILES string of the molecule is Cc1cc(C)c(Nc2nc(=O)c(F)cn2Cc2cc(F)c(F)c(F)c2)cc1F. The van der Waals surface area contributed by atoms with Gasteiger partial charge in [-0.15, -0.1) is 0 Å². The average molecular weight is 395 g/mol. The van der Waals surface area contributed by atoms with Gasteiger partial charge in [-0.05, 0) is 48.7 Å². The van der Waals surface area contributed by atoms with E-state index in [-0.39, 0.29) is 23.7 Å². The van der Waals surface area contributed by atoms with Crippen molar-refractivity contribution < 1.29 is 22.0 Å². The van der Waals surface area contributed by atoms with Crippen molar-refractivity contribution >= 4 is 11.6 Å². The fraction of sp³-hybridized carbons (Fsp3) is 0.158. The number of hydrogen-bond acceptors (Lipinski definition) is 3. The van der Waals surface area contributed by atoms with Gasteiger partial charge in [-0.1, -0.05) is 6.07 Å². The van der Waals surface area contributed by atoms with Crippen molar-refractivity contribution in [3.63, 3.8) is 0 Å². The van der Waals surface area contributed by atoms with Gasteiger partial charge in [0.05, 0.1) is 6.54 Å². The molecule has 0 radical (unpaired) electrons. The van der Waals surface area contributed by atoms with Crippen LogP contribution in [0.15, 0.2) is 35.3 Å². The standard InChI is InChI=1S/C19H14F5N3O/c1-9-3-10(2)16(6-12(9)20)25-19-26-18(28)15(23)8-27(19)7-11-4-13(21)17(24)14(22)5-11/h3-6,8H,7H2,1-2H3,(H,25,26,28). The van der Waals surface area contributed by atoms with Crippen LogP contribution in [0.25, 0.3) is 0 Å². The van der Waals surface area contributed by atoms with Crippen LogP contribution in [0.1, 0.15) is 16.7 Å². The highest BCUT2D eigenvalue weighted by Crippen LogP contribution is 2.23. The average Bonchev–Trinajstić information content (AvgIpc) is 2.61. The Morgan fingerprint density at radius 2 is 1.54 bits per heavy atom. The lowest BCUT2D eigenvalue weighted by Gasteiger charge is -2.16. The molecule has 28 heavy (non-hydrogen) atoms. The molecule has 3 aromatic rings. The predicted molar refractivity (Wildman–Crippen MR) is 93.0 cm³/mol. The summed E-state index contributed by atoms with van der Waals surface area (Å²) in [7, 11) is 0. The van der Waals surface area contributed by atoms with Gasteiger partial charge in [-0.25, -0.2) is 17.6 Å². The number of halogens is 5. The van der Waals surface area contributed by atoms with Gasteiger partial charge in [0.15, 0.2) is 17.5 Å². The molecule has 0 saturated heterocycles. The summed E-state index contributed by atoms with van der Waals surface area (Å²) in [5, 5.41) is 2.72. The van der Waals surface area contributed by atoms with Crippen molar-refractivity contribution in [3.05, 3.63) is 86.6 Å². The number of benzene rings is 2. The zero-order valence-corrected chi connectivity index (χ0v) is 14.8.